The first kappa shape index (κ1) is 31.7. The molecule has 0 radical (unpaired) electrons. The molecule has 0 saturated carbocycles. The van der Waals surface area contributed by atoms with Gasteiger partial charge in [-0.3, -0.25) is 4.90 Å². The molecule has 1 fully saturated rings. The summed E-state index contributed by atoms with van der Waals surface area (Å²) in [4.78, 5) is 24.6. The Labute approximate surface area is 269 Å². The molecule has 46 heavy (non-hydrogen) atoms. The van der Waals surface area contributed by atoms with E-state index < -0.39 is 23.5 Å². The second-order valence-corrected chi connectivity index (χ2v) is 13.3. The molecule has 8 nitrogen and oxygen atoms in total. The van der Waals surface area contributed by atoms with Crippen LogP contribution in [0, 0.1) is 31.5 Å². The summed E-state index contributed by atoms with van der Waals surface area (Å²) in [6, 6.07) is 7.36. The van der Waals surface area contributed by atoms with Gasteiger partial charge in [0.15, 0.2) is 17.7 Å². The van der Waals surface area contributed by atoms with Crippen molar-refractivity contribution in [1.82, 2.24) is 19.4 Å². The van der Waals surface area contributed by atoms with Gasteiger partial charge in [-0.05, 0) is 115 Å². The molecule has 1 saturated heterocycles. The highest BCUT2D eigenvalue weighted by Crippen LogP contribution is 2.45. The molecule has 240 valence electrons. The van der Waals surface area contributed by atoms with Crippen molar-refractivity contribution in [2.75, 3.05) is 26.2 Å². The standard InChI is InChI=1S/C37H41FN4O4/c1-22-26-12-10-18-45-33(26)29(38)20-27(22)32-28-21-30(24-13-14-39-25(19-24)11-9-17-42-15-7-8-16-42)41(6)35(28)40-23(2)31(32)34(36(43)44)46-37(3,4)5/h13-14,19-21,34H,7-8,10,12,15-18H2,1-6H3,(H,43,44). The summed E-state index contributed by atoms with van der Waals surface area (Å²) < 4.78 is 29.6. The number of likely N-dealkylation sites (tertiary alicyclic amines) is 1. The number of halogens is 1. The van der Waals surface area contributed by atoms with Crippen molar-refractivity contribution in [3.63, 3.8) is 0 Å². The van der Waals surface area contributed by atoms with E-state index in [0.29, 0.717) is 52.1 Å². The van der Waals surface area contributed by atoms with Gasteiger partial charge in [0.25, 0.3) is 0 Å². The largest absolute Gasteiger partial charge is 0.490 e. The van der Waals surface area contributed by atoms with Gasteiger partial charge < -0.3 is 19.1 Å². The zero-order valence-electron chi connectivity index (χ0n) is 27.5. The molecule has 0 amide bonds. The number of hydrogen-bond donors (Lipinski definition) is 1. The lowest BCUT2D eigenvalue weighted by atomic mass is 9.86. The number of aromatic nitrogens is 3. The Bertz CT molecular complexity index is 1890. The zero-order chi connectivity index (χ0) is 32.7. The van der Waals surface area contributed by atoms with E-state index in [1.165, 1.54) is 18.9 Å². The Morgan fingerprint density at radius 1 is 1.17 bits per heavy atom. The molecule has 1 atom stereocenters. The minimum atomic E-state index is -1.33. The lowest BCUT2D eigenvalue weighted by Crippen LogP contribution is -2.28. The third kappa shape index (κ3) is 6.12. The van der Waals surface area contributed by atoms with E-state index in [2.05, 4.69) is 21.7 Å². The normalized spacial score (nSPS) is 15.7. The van der Waals surface area contributed by atoms with Crippen LogP contribution in [0.4, 0.5) is 4.39 Å². The van der Waals surface area contributed by atoms with Crippen molar-refractivity contribution in [3.8, 4) is 40.0 Å². The van der Waals surface area contributed by atoms with Gasteiger partial charge >= 0.3 is 5.97 Å². The number of hydrogen-bond acceptors (Lipinski definition) is 6. The van der Waals surface area contributed by atoms with Gasteiger partial charge in [0, 0.05) is 46.6 Å². The summed E-state index contributed by atoms with van der Waals surface area (Å²) in [7, 11) is 1.93. The van der Waals surface area contributed by atoms with E-state index in [0.717, 1.165) is 48.4 Å². The van der Waals surface area contributed by atoms with Crippen molar-refractivity contribution < 1.29 is 23.8 Å². The summed E-state index contributed by atoms with van der Waals surface area (Å²) in [6.45, 7) is 12.6. The van der Waals surface area contributed by atoms with Crippen molar-refractivity contribution >= 4 is 17.0 Å². The average Bonchev–Trinajstić information content (AvgIpc) is 3.65. The fourth-order valence-electron chi connectivity index (χ4n) is 6.69. The first-order chi connectivity index (χ1) is 21.9. The highest BCUT2D eigenvalue weighted by atomic mass is 19.1. The minimum absolute atomic E-state index is 0.278. The number of fused-ring (bicyclic) bond motifs is 2. The molecule has 9 heteroatoms. The molecule has 4 aromatic rings. The number of rotatable bonds is 6. The smallest absolute Gasteiger partial charge is 0.337 e. The highest BCUT2D eigenvalue weighted by Gasteiger charge is 2.34. The summed E-state index contributed by atoms with van der Waals surface area (Å²) >= 11 is 0. The van der Waals surface area contributed by atoms with Crippen molar-refractivity contribution in [3.05, 3.63) is 64.4 Å². The van der Waals surface area contributed by atoms with E-state index in [-0.39, 0.29) is 5.75 Å². The molecular formula is C37H41FN4O4. The van der Waals surface area contributed by atoms with Crippen LogP contribution in [0.15, 0.2) is 30.5 Å². The molecule has 3 aromatic heterocycles. The maximum absolute atomic E-state index is 15.7. The lowest BCUT2D eigenvalue weighted by Gasteiger charge is -2.29. The van der Waals surface area contributed by atoms with Crippen LogP contribution in [0.3, 0.4) is 0 Å². The lowest BCUT2D eigenvalue weighted by molar-refractivity contribution is -0.160. The van der Waals surface area contributed by atoms with Crippen LogP contribution in [0.1, 0.15) is 74.2 Å². The number of benzene rings is 1. The number of nitrogens with zero attached hydrogens (tertiary/aromatic N) is 4. The molecule has 1 N–H and O–H groups in total. The maximum Gasteiger partial charge on any atom is 0.337 e. The Hall–Kier alpha value is -4.26. The third-order valence-electron chi connectivity index (χ3n) is 8.84. The van der Waals surface area contributed by atoms with Crippen LogP contribution in [0.5, 0.6) is 5.75 Å². The van der Waals surface area contributed by atoms with Crippen molar-refractivity contribution in [2.24, 2.45) is 7.05 Å². The van der Waals surface area contributed by atoms with Gasteiger partial charge in [-0.15, -0.1) is 0 Å². The summed E-state index contributed by atoms with van der Waals surface area (Å²) in [6.07, 6.45) is 4.30. The summed E-state index contributed by atoms with van der Waals surface area (Å²) in [5, 5.41) is 11.2. The maximum atomic E-state index is 15.7. The monoisotopic (exact) mass is 624 g/mol. The number of carboxylic acid groups (broad SMARTS) is 1. The molecule has 0 bridgehead atoms. The predicted octanol–water partition coefficient (Wildman–Crippen LogP) is 6.77. The highest BCUT2D eigenvalue weighted by molar-refractivity contribution is 6.01. The molecule has 1 aromatic carbocycles. The van der Waals surface area contributed by atoms with E-state index in [4.69, 9.17) is 14.5 Å². The number of pyridine rings is 2. The number of carbonyl (C=O) groups is 1. The molecule has 2 aliphatic rings. The first-order valence-electron chi connectivity index (χ1n) is 16.0. The zero-order valence-corrected chi connectivity index (χ0v) is 27.5. The Balaban J connectivity index is 1.57. The Morgan fingerprint density at radius 2 is 1.93 bits per heavy atom. The Morgan fingerprint density at radius 3 is 2.65 bits per heavy atom. The first-order valence-corrected chi connectivity index (χ1v) is 16.0. The third-order valence-corrected chi connectivity index (χ3v) is 8.84. The predicted molar refractivity (Wildman–Crippen MR) is 176 cm³/mol. The van der Waals surface area contributed by atoms with Crippen LogP contribution < -0.4 is 4.74 Å². The number of aliphatic carboxylic acids is 1. The quantitative estimate of drug-likeness (QED) is 0.237. The van der Waals surface area contributed by atoms with Gasteiger partial charge in [-0.25, -0.2) is 19.2 Å². The second-order valence-electron chi connectivity index (χ2n) is 13.3. The molecule has 1 unspecified atom stereocenters. The SMILES string of the molecule is Cc1nc2c(cc(-c3ccnc(C#CCN4CCCC4)c3)n2C)c(-c2cc(F)c3c(c2C)CCCO3)c1C(OC(C)(C)C)C(=O)O. The fourth-order valence-corrected chi connectivity index (χ4v) is 6.69. The van der Waals surface area contributed by atoms with Crippen LogP contribution in [0.25, 0.3) is 33.4 Å². The molecule has 2 aliphatic heterocycles. The number of carboxylic acids is 1. The second kappa shape index (κ2) is 12.5. The van der Waals surface area contributed by atoms with Gasteiger partial charge in [-0.1, -0.05) is 5.92 Å². The van der Waals surface area contributed by atoms with Crippen molar-refractivity contribution in [2.45, 2.75) is 72.0 Å². The van der Waals surface area contributed by atoms with Crippen LogP contribution in [-0.4, -0.2) is 62.4 Å². The minimum Gasteiger partial charge on any atom is -0.490 e. The Kier molecular flexibility index (Phi) is 8.62. The average molecular weight is 625 g/mol. The van der Waals surface area contributed by atoms with E-state index in [1.54, 1.807) is 13.1 Å². The van der Waals surface area contributed by atoms with Crippen molar-refractivity contribution in [1.29, 1.82) is 0 Å². The fraction of sp³-hybridized carbons (Fsp3) is 0.432. The van der Waals surface area contributed by atoms with Gasteiger partial charge in [-0.2, -0.15) is 0 Å². The van der Waals surface area contributed by atoms with Crippen LogP contribution in [0.2, 0.25) is 0 Å². The molecule has 0 spiro atoms. The number of aryl methyl sites for hydroxylation is 2. The van der Waals surface area contributed by atoms with Gasteiger partial charge in [0.05, 0.1) is 24.4 Å². The van der Waals surface area contributed by atoms with E-state index >= 15 is 4.39 Å². The molecule has 6 rings (SSSR count). The topological polar surface area (TPSA) is 89.7 Å². The molecule has 0 aliphatic carbocycles. The van der Waals surface area contributed by atoms with Crippen LogP contribution >= 0.6 is 0 Å². The van der Waals surface area contributed by atoms with Gasteiger partial charge in [0.2, 0.25) is 0 Å². The molecular weight excluding hydrogens is 583 g/mol. The number of ether oxygens (including phenoxy) is 2. The molecule has 5 heterocycles. The van der Waals surface area contributed by atoms with E-state index in [1.807, 2.05) is 57.5 Å². The van der Waals surface area contributed by atoms with E-state index in [9.17, 15) is 9.90 Å². The van der Waals surface area contributed by atoms with Crippen LogP contribution in [-0.2, 0) is 23.0 Å². The summed E-state index contributed by atoms with van der Waals surface area (Å²) in [5.74, 6) is 5.16. The van der Waals surface area contributed by atoms with Gasteiger partial charge in [0.1, 0.15) is 11.3 Å². The summed E-state index contributed by atoms with van der Waals surface area (Å²) in [5.41, 5.74) is 6.09.